The van der Waals surface area contributed by atoms with E-state index in [1.165, 1.54) is 6.20 Å². The molecule has 0 bridgehead atoms. The van der Waals surface area contributed by atoms with Gasteiger partial charge in [-0.25, -0.2) is 9.97 Å². The Balaban J connectivity index is 1.95. The fourth-order valence-corrected chi connectivity index (χ4v) is 2.04. The first kappa shape index (κ1) is 11.2. The summed E-state index contributed by atoms with van der Waals surface area (Å²) in [7, 11) is 0. The lowest BCUT2D eigenvalue weighted by molar-refractivity contribution is -0.115. The number of nitrogens with zero attached hydrogens (tertiary/aromatic N) is 2. The summed E-state index contributed by atoms with van der Waals surface area (Å²) in [6.45, 7) is 0. The molecule has 1 N–H and O–H groups in total. The first-order valence-electron chi connectivity index (χ1n) is 4.54. The number of rotatable bonds is 3. The number of nitrogens with one attached hydrogen (secondary N) is 1. The fraction of sp³-hybridized carbons (Fsp3) is 0.100. The van der Waals surface area contributed by atoms with E-state index in [1.54, 1.807) is 17.5 Å². The van der Waals surface area contributed by atoms with Crippen LogP contribution in [0.2, 0.25) is 0 Å². The Hall–Kier alpha value is -1.27. The van der Waals surface area contributed by atoms with Crippen molar-refractivity contribution in [2.45, 2.75) is 6.42 Å². The molecule has 2 aromatic rings. The lowest BCUT2D eigenvalue weighted by atomic mass is 10.3. The van der Waals surface area contributed by atoms with Crippen molar-refractivity contribution in [2.75, 3.05) is 5.32 Å². The summed E-state index contributed by atoms with van der Waals surface area (Å²) >= 11 is 4.74. The Bertz CT molecular complexity index is 469. The smallest absolute Gasteiger partial charge is 0.230 e. The van der Waals surface area contributed by atoms with Gasteiger partial charge in [0.1, 0.15) is 4.60 Å². The summed E-state index contributed by atoms with van der Waals surface area (Å²) in [5.41, 5.74) is 0. The summed E-state index contributed by atoms with van der Waals surface area (Å²) in [4.78, 5) is 20.6. The fourth-order valence-electron chi connectivity index (χ4n) is 1.14. The molecule has 0 aliphatic rings. The molecule has 16 heavy (non-hydrogen) atoms. The Kier molecular flexibility index (Phi) is 3.63. The lowest BCUT2D eigenvalue weighted by Gasteiger charge is -2.02. The van der Waals surface area contributed by atoms with E-state index in [0.29, 0.717) is 16.8 Å². The van der Waals surface area contributed by atoms with Crippen LogP contribution in [-0.4, -0.2) is 15.9 Å². The molecular formula is C10H8BrN3OS. The molecule has 0 spiro atoms. The van der Waals surface area contributed by atoms with Gasteiger partial charge in [-0.15, -0.1) is 11.3 Å². The van der Waals surface area contributed by atoms with Crippen LogP contribution in [-0.2, 0) is 11.2 Å². The summed E-state index contributed by atoms with van der Waals surface area (Å²) in [5, 5.41) is 4.63. The topological polar surface area (TPSA) is 54.9 Å². The van der Waals surface area contributed by atoms with E-state index in [0.717, 1.165) is 4.88 Å². The number of amides is 1. The van der Waals surface area contributed by atoms with Gasteiger partial charge in [0.15, 0.2) is 5.82 Å². The van der Waals surface area contributed by atoms with E-state index in [1.807, 2.05) is 17.5 Å². The van der Waals surface area contributed by atoms with E-state index < -0.39 is 0 Å². The maximum absolute atomic E-state index is 11.6. The van der Waals surface area contributed by atoms with E-state index in [9.17, 15) is 4.79 Å². The third-order valence-electron chi connectivity index (χ3n) is 1.80. The molecule has 0 aliphatic heterocycles. The molecule has 0 fully saturated rings. The van der Waals surface area contributed by atoms with Crippen molar-refractivity contribution in [1.29, 1.82) is 0 Å². The molecule has 2 aromatic heterocycles. The molecule has 2 rings (SSSR count). The number of aromatic nitrogens is 2. The van der Waals surface area contributed by atoms with Gasteiger partial charge in [0.2, 0.25) is 5.91 Å². The second-order valence-electron chi connectivity index (χ2n) is 3.03. The molecule has 0 aliphatic carbocycles. The highest BCUT2D eigenvalue weighted by Crippen LogP contribution is 2.11. The van der Waals surface area contributed by atoms with Crippen molar-refractivity contribution in [3.63, 3.8) is 0 Å². The van der Waals surface area contributed by atoms with E-state index in [4.69, 9.17) is 0 Å². The van der Waals surface area contributed by atoms with Crippen LogP contribution in [0, 0.1) is 0 Å². The van der Waals surface area contributed by atoms with Gasteiger partial charge in [-0.3, -0.25) is 4.79 Å². The van der Waals surface area contributed by atoms with Gasteiger partial charge in [0, 0.05) is 4.88 Å². The van der Waals surface area contributed by atoms with E-state index >= 15 is 0 Å². The van der Waals surface area contributed by atoms with Gasteiger partial charge in [0.05, 0.1) is 18.8 Å². The minimum Gasteiger partial charge on any atom is -0.309 e. The van der Waals surface area contributed by atoms with Crippen LogP contribution in [0.3, 0.4) is 0 Å². The number of carbonyl (C=O) groups is 1. The zero-order chi connectivity index (χ0) is 11.4. The highest BCUT2D eigenvalue weighted by atomic mass is 79.9. The zero-order valence-electron chi connectivity index (χ0n) is 8.18. The van der Waals surface area contributed by atoms with Gasteiger partial charge in [-0.1, -0.05) is 6.07 Å². The molecule has 2 heterocycles. The summed E-state index contributed by atoms with van der Waals surface area (Å²) < 4.78 is 0.642. The molecule has 0 radical (unpaired) electrons. The Labute approximate surface area is 105 Å². The highest BCUT2D eigenvalue weighted by Gasteiger charge is 2.05. The number of hydrogen-bond acceptors (Lipinski definition) is 4. The Morgan fingerprint density at radius 2 is 2.31 bits per heavy atom. The highest BCUT2D eigenvalue weighted by molar-refractivity contribution is 9.10. The Morgan fingerprint density at radius 3 is 2.94 bits per heavy atom. The standard InChI is InChI=1S/C10H8BrN3OS/c11-8-5-13-9(6-12-8)14-10(15)4-7-2-1-3-16-7/h1-3,5-6H,4H2,(H,13,14,15). The third-order valence-corrected chi connectivity index (χ3v) is 3.09. The zero-order valence-corrected chi connectivity index (χ0v) is 10.6. The minimum absolute atomic E-state index is 0.0842. The maximum atomic E-state index is 11.6. The van der Waals surface area contributed by atoms with Crippen LogP contribution < -0.4 is 5.32 Å². The maximum Gasteiger partial charge on any atom is 0.230 e. The molecule has 6 heteroatoms. The molecule has 0 aromatic carbocycles. The van der Waals surface area contributed by atoms with Crippen LogP contribution in [0.25, 0.3) is 0 Å². The predicted molar refractivity (Wildman–Crippen MR) is 66.4 cm³/mol. The number of thiophene rings is 1. The first-order chi connectivity index (χ1) is 7.74. The van der Waals surface area contributed by atoms with Crippen molar-refractivity contribution in [3.8, 4) is 0 Å². The molecule has 82 valence electrons. The number of halogens is 1. The molecule has 0 saturated carbocycles. The molecular weight excluding hydrogens is 290 g/mol. The molecule has 1 amide bonds. The van der Waals surface area contributed by atoms with Gasteiger partial charge < -0.3 is 5.32 Å². The van der Waals surface area contributed by atoms with Crippen molar-refractivity contribution < 1.29 is 4.79 Å². The van der Waals surface area contributed by atoms with Crippen molar-refractivity contribution in [3.05, 3.63) is 39.4 Å². The molecule has 0 atom stereocenters. The van der Waals surface area contributed by atoms with Crippen molar-refractivity contribution in [2.24, 2.45) is 0 Å². The molecule has 0 unspecified atom stereocenters. The Morgan fingerprint density at radius 1 is 1.44 bits per heavy atom. The van der Waals surface area contributed by atoms with Crippen LogP contribution in [0.4, 0.5) is 5.82 Å². The van der Waals surface area contributed by atoms with Gasteiger partial charge >= 0.3 is 0 Å². The van der Waals surface area contributed by atoms with E-state index in [-0.39, 0.29) is 5.91 Å². The number of carbonyl (C=O) groups excluding carboxylic acids is 1. The van der Waals surface area contributed by atoms with E-state index in [2.05, 4.69) is 31.2 Å². The van der Waals surface area contributed by atoms with Crippen LogP contribution in [0.1, 0.15) is 4.88 Å². The third kappa shape index (κ3) is 3.11. The van der Waals surface area contributed by atoms with Crippen LogP contribution in [0.5, 0.6) is 0 Å². The minimum atomic E-state index is -0.0842. The van der Waals surface area contributed by atoms with Gasteiger partial charge in [0.25, 0.3) is 0 Å². The monoisotopic (exact) mass is 297 g/mol. The second-order valence-corrected chi connectivity index (χ2v) is 4.87. The van der Waals surface area contributed by atoms with Gasteiger partial charge in [-0.05, 0) is 27.4 Å². The summed E-state index contributed by atoms with van der Waals surface area (Å²) in [6, 6.07) is 3.85. The summed E-state index contributed by atoms with van der Waals surface area (Å²) in [6.07, 6.45) is 3.42. The second kappa shape index (κ2) is 5.18. The quantitative estimate of drug-likeness (QED) is 0.947. The average molecular weight is 298 g/mol. The number of hydrogen-bond donors (Lipinski definition) is 1. The predicted octanol–water partition coefficient (Wildman–Crippen LogP) is 2.48. The average Bonchev–Trinajstić information content (AvgIpc) is 2.74. The SMILES string of the molecule is O=C(Cc1cccs1)Nc1cnc(Br)cn1. The van der Waals surface area contributed by atoms with Crippen molar-refractivity contribution >= 4 is 39.0 Å². The lowest BCUT2D eigenvalue weighted by Crippen LogP contribution is -2.14. The molecule has 0 saturated heterocycles. The normalized spacial score (nSPS) is 10.1. The largest absolute Gasteiger partial charge is 0.309 e. The summed E-state index contributed by atoms with van der Waals surface area (Å²) in [5.74, 6) is 0.379. The van der Waals surface area contributed by atoms with Crippen LogP contribution in [0.15, 0.2) is 34.5 Å². The number of anilines is 1. The van der Waals surface area contributed by atoms with Crippen LogP contribution >= 0.6 is 27.3 Å². The molecule has 4 nitrogen and oxygen atoms in total. The van der Waals surface area contributed by atoms with Crippen molar-refractivity contribution in [1.82, 2.24) is 9.97 Å². The first-order valence-corrected chi connectivity index (χ1v) is 6.21. The van der Waals surface area contributed by atoms with Gasteiger partial charge in [-0.2, -0.15) is 0 Å².